The van der Waals surface area contributed by atoms with Gasteiger partial charge in [0.15, 0.2) is 0 Å². The SMILES string of the molecule is C=C(C)C[C@H](C=O)[C@H](Nc1ccc(OC)cc1)C(=O)OCC. The summed E-state index contributed by atoms with van der Waals surface area (Å²) < 4.78 is 10.2. The first-order chi connectivity index (χ1) is 10.5. The Hall–Kier alpha value is -2.30. The van der Waals surface area contributed by atoms with Gasteiger partial charge in [-0.2, -0.15) is 0 Å². The molecule has 5 heteroatoms. The molecular weight excluding hydrogens is 282 g/mol. The van der Waals surface area contributed by atoms with E-state index in [0.29, 0.717) is 17.9 Å². The number of esters is 1. The monoisotopic (exact) mass is 305 g/mol. The number of nitrogens with one attached hydrogen (secondary N) is 1. The maximum Gasteiger partial charge on any atom is 0.329 e. The number of rotatable bonds is 9. The molecule has 5 nitrogen and oxygen atoms in total. The number of ether oxygens (including phenoxy) is 2. The topological polar surface area (TPSA) is 64.6 Å². The number of hydrogen-bond donors (Lipinski definition) is 1. The molecule has 0 saturated carbocycles. The fourth-order valence-corrected chi connectivity index (χ4v) is 2.09. The molecule has 1 rings (SSSR count). The van der Waals surface area contributed by atoms with E-state index in [1.54, 1.807) is 38.3 Å². The Morgan fingerprint density at radius 2 is 2.00 bits per heavy atom. The molecule has 0 unspecified atom stereocenters. The third-order valence-electron chi connectivity index (χ3n) is 3.14. The van der Waals surface area contributed by atoms with Crippen molar-refractivity contribution in [3.05, 3.63) is 36.4 Å². The highest BCUT2D eigenvalue weighted by atomic mass is 16.5. The summed E-state index contributed by atoms with van der Waals surface area (Å²) in [5, 5.41) is 3.07. The van der Waals surface area contributed by atoms with Gasteiger partial charge >= 0.3 is 5.97 Å². The largest absolute Gasteiger partial charge is 0.497 e. The van der Waals surface area contributed by atoms with Gasteiger partial charge in [0.2, 0.25) is 0 Å². The van der Waals surface area contributed by atoms with Crippen LogP contribution >= 0.6 is 0 Å². The molecule has 2 atom stereocenters. The predicted molar refractivity (Wildman–Crippen MR) is 86.0 cm³/mol. The molecule has 1 aromatic carbocycles. The Morgan fingerprint density at radius 3 is 2.45 bits per heavy atom. The van der Waals surface area contributed by atoms with Crippen LogP contribution in [0.25, 0.3) is 0 Å². The second-order valence-corrected chi connectivity index (χ2v) is 5.06. The van der Waals surface area contributed by atoms with Crippen molar-refractivity contribution in [3.8, 4) is 5.75 Å². The van der Waals surface area contributed by atoms with Crippen molar-refractivity contribution in [2.24, 2.45) is 5.92 Å². The van der Waals surface area contributed by atoms with Gasteiger partial charge in [-0.3, -0.25) is 0 Å². The number of carbonyl (C=O) groups is 2. The Kier molecular flexibility index (Phi) is 7.16. The van der Waals surface area contributed by atoms with Gasteiger partial charge in [0, 0.05) is 11.6 Å². The van der Waals surface area contributed by atoms with Gasteiger partial charge in [0.05, 0.1) is 13.7 Å². The Labute approximate surface area is 131 Å². The van der Waals surface area contributed by atoms with Crippen molar-refractivity contribution in [1.82, 2.24) is 0 Å². The zero-order chi connectivity index (χ0) is 16.5. The summed E-state index contributed by atoms with van der Waals surface area (Å²) in [4.78, 5) is 23.5. The fraction of sp³-hybridized carbons (Fsp3) is 0.412. The minimum atomic E-state index is -0.748. The Morgan fingerprint density at radius 1 is 1.36 bits per heavy atom. The summed E-state index contributed by atoms with van der Waals surface area (Å²) in [5.41, 5.74) is 1.55. The molecule has 0 radical (unpaired) electrons. The molecule has 0 bridgehead atoms. The van der Waals surface area contributed by atoms with E-state index in [2.05, 4.69) is 11.9 Å². The molecule has 0 spiro atoms. The van der Waals surface area contributed by atoms with Crippen LogP contribution in [-0.4, -0.2) is 32.0 Å². The number of anilines is 1. The van der Waals surface area contributed by atoms with Crippen LogP contribution in [-0.2, 0) is 14.3 Å². The second-order valence-electron chi connectivity index (χ2n) is 5.06. The lowest BCUT2D eigenvalue weighted by Gasteiger charge is -2.23. The van der Waals surface area contributed by atoms with Gasteiger partial charge in [-0.15, -0.1) is 6.58 Å². The maximum atomic E-state index is 12.2. The lowest BCUT2D eigenvalue weighted by molar-refractivity contribution is -0.146. The molecule has 0 aliphatic heterocycles. The summed E-state index contributed by atoms with van der Waals surface area (Å²) in [6.07, 6.45) is 1.20. The van der Waals surface area contributed by atoms with E-state index < -0.39 is 17.9 Å². The van der Waals surface area contributed by atoms with E-state index in [9.17, 15) is 9.59 Å². The molecule has 1 N–H and O–H groups in total. The van der Waals surface area contributed by atoms with Gasteiger partial charge in [-0.25, -0.2) is 4.79 Å². The minimum Gasteiger partial charge on any atom is -0.497 e. The Balaban J connectivity index is 2.94. The summed E-state index contributed by atoms with van der Waals surface area (Å²) in [5.74, 6) is -0.262. The van der Waals surface area contributed by atoms with Crippen molar-refractivity contribution in [1.29, 1.82) is 0 Å². The molecule has 0 fully saturated rings. The van der Waals surface area contributed by atoms with E-state index in [1.165, 1.54) is 0 Å². The molecule has 0 aliphatic rings. The van der Waals surface area contributed by atoms with Gasteiger partial charge in [-0.1, -0.05) is 5.57 Å². The first-order valence-corrected chi connectivity index (χ1v) is 7.18. The summed E-state index contributed by atoms with van der Waals surface area (Å²) in [7, 11) is 1.58. The molecule has 22 heavy (non-hydrogen) atoms. The molecule has 0 amide bonds. The molecule has 0 aliphatic carbocycles. The highest BCUT2D eigenvalue weighted by Crippen LogP contribution is 2.21. The Bertz CT molecular complexity index is 510. The highest BCUT2D eigenvalue weighted by Gasteiger charge is 2.29. The van der Waals surface area contributed by atoms with E-state index in [-0.39, 0.29) is 6.61 Å². The molecule has 1 aromatic rings. The zero-order valence-corrected chi connectivity index (χ0v) is 13.3. The van der Waals surface area contributed by atoms with Crippen LogP contribution < -0.4 is 10.1 Å². The van der Waals surface area contributed by atoms with Crippen LogP contribution in [0.1, 0.15) is 20.3 Å². The number of benzene rings is 1. The molecule has 0 aromatic heterocycles. The lowest BCUT2D eigenvalue weighted by atomic mass is 9.94. The molecular formula is C17H23NO4. The number of allylic oxidation sites excluding steroid dienone is 1. The highest BCUT2D eigenvalue weighted by molar-refractivity contribution is 5.83. The normalized spacial score (nSPS) is 12.9. The standard InChI is InChI=1S/C17H23NO4/c1-5-22-17(20)16(13(11-19)10-12(2)3)18-14-6-8-15(21-4)9-7-14/h6-9,11,13,16,18H,2,5,10H2,1,3-4H3/t13-,16+/m1/s1. The van der Waals surface area contributed by atoms with Crippen molar-refractivity contribution in [2.45, 2.75) is 26.3 Å². The van der Waals surface area contributed by atoms with E-state index in [4.69, 9.17) is 9.47 Å². The number of aldehydes is 1. The lowest BCUT2D eigenvalue weighted by Crippen LogP contribution is -2.39. The van der Waals surface area contributed by atoms with Crippen molar-refractivity contribution < 1.29 is 19.1 Å². The minimum absolute atomic E-state index is 0.262. The van der Waals surface area contributed by atoms with Crippen molar-refractivity contribution in [3.63, 3.8) is 0 Å². The van der Waals surface area contributed by atoms with Crippen molar-refractivity contribution >= 4 is 17.9 Å². The molecule has 120 valence electrons. The third-order valence-corrected chi connectivity index (χ3v) is 3.14. The summed E-state index contributed by atoms with van der Waals surface area (Å²) in [6.45, 7) is 7.63. The van der Waals surface area contributed by atoms with Crippen LogP contribution in [0.2, 0.25) is 0 Å². The average molecular weight is 305 g/mol. The van der Waals surface area contributed by atoms with Crippen LogP contribution in [0, 0.1) is 5.92 Å². The van der Waals surface area contributed by atoms with Crippen molar-refractivity contribution in [2.75, 3.05) is 19.0 Å². The fourth-order valence-electron chi connectivity index (χ4n) is 2.09. The van der Waals surface area contributed by atoms with Gasteiger partial charge < -0.3 is 19.6 Å². The summed E-state index contributed by atoms with van der Waals surface area (Å²) in [6, 6.07) is 6.38. The number of methoxy groups -OCH3 is 1. The van der Waals surface area contributed by atoms with E-state index in [1.807, 2.05) is 6.92 Å². The maximum absolute atomic E-state index is 12.2. The second kappa shape index (κ2) is 8.87. The average Bonchev–Trinajstić information content (AvgIpc) is 2.51. The predicted octanol–water partition coefficient (Wildman–Crippen LogP) is 2.82. The molecule has 0 heterocycles. The number of carbonyl (C=O) groups excluding carboxylic acids is 2. The smallest absolute Gasteiger partial charge is 0.329 e. The molecule has 0 saturated heterocycles. The van der Waals surface area contributed by atoms with E-state index >= 15 is 0 Å². The first kappa shape index (κ1) is 17.8. The van der Waals surface area contributed by atoms with Crippen LogP contribution in [0.15, 0.2) is 36.4 Å². The third kappa shape index (κ3) is 5.24. The van der Waals surface area contributed by atoms with E-state index in [0.717, 1.165) is 11.9 Å². The van der Waals surface area contributed by atoms with Crippen LogP contribution in [0.3, 0.4) is 0 Å². The van der Waals surface area contributed by atoms with Crippen LogP contribution in [0.4, 0.5) is 5.69 Å². The first-order valence-electron chi connectivity index (χ1n) is 7.18. The van der Waals surface area contributed by atoms with Gasteiger partial charge in [0.25, 0.3) is 0 Å². The number of hydrogen-bond acceptors (Lipinski definition) is 5. The summed E-state index contributed by atoms with van der Waals surface area (Å²) >= 11 is 0. The van der Waals surface area contributed by atoms with Crippen LogP contribution in [0.5, 0.6) is 5.75 Å². The zero-order valence-electron chi connectivity index (χ0n) is 13.3. The van der Waals surface area contributed by atoms with Gasteiger partial charge in [-0.05, 0) is 44.5 Å². The quantitative estimate of drug-likeness (QED) is 0.432. The van der Waals surface area contributed by atoms with Gasteiger partial charge in [0.1, 0.15) is 18.1 Å².